The van der Waals surface area contributed by atoms with Gasteiger partial charge in [-0.25, -0.2) is 9.97 Å². The van der Waals surface area contributed by atoms with Gasteiger partial charge in [-0.05, 0) is 140 Å². The molecule has 0 radical (unpaired) electrons. The summed E-state index contributed by atoms with van der Waals surface area (Å²) >= 11 is 3.77. The monoisotopic (exact) mass is 1010 g/mol. The van der Waals surface area contributed by atoms with Gasteiger partial charge >= 0.3 is 0 Å². The molecule has 0 spiro atoms. The van der Waals surface area contributed by atoms with Crippen molar-refractivity contribution in [1.82, 2.24) is 27.6 Å². The van der Waals surface area contributed by atoms with Gasteiger partial charge in [0.05, 0.1) is 55.2 Å². The Morgan fingerprint density at radius 3 is 1.09 bits per heavy atom. The van der Waals surface area contributed by atoms with Gasteiger partial charge in [0.15, 0.2) is 0 Å². The zero-order valence-corrected chi connectivity index (χ0v) is 41.0. The molecule has 0 aliphatic rings. The molecule has 8 heteroatoms. The van der Waals surface area contributed by atoms with Crippen molar-refractivity contribution in [3.8, 4) is 0 Å². The molecular formula is C66H38BrN7. The number of halogens is 1. The quantitative estimate of drug-likeness (QED) is 0.177. The molecule has 0 N–H and O–H groups in total. The molecule has 0 fully saturated rings. The molecule has 0 atom stereocenters. The van der Waals surface area contributed by atoms with Crippen molar-refractivity contribution >= 4 is 164 Å². The van der Waals surface area contributed by atoms with Crippen LogP contribution in [-0.2, 0) is 0 Å². The number of para-hydroxylation sites is 2. The molecule has 0 saturated carbocycles. The molecule has 6 heterocycles. The van der Waals surface area contributed by atoms with Crippen molar-refractivity contribution in [2.45, 2.75) is 0 Å². The smallest absolute Gasteiger partial charge is 0.220 e. The van der Waals surface area contributed by atoms with Gasteiger partial charge in [-0.3, -0.25) is 17.6 Å². The van der Waals surface area contributed by atoms with Crippen LogP contribution in [0, 0.1) is 0 Å². The highest BCUT2D eigenvalue weighted by Gasteiger charge is 2.26. The Hall–Kier alpha value is -9.50. The lowest BCUT2D eigenvalue weighted by Gasteiger charge is -2.25. The van der Waals surface area contributed by atoms with Crippen LogP contribution in [0.4, 0.5) is 17.1 Å². The average Bonchev–Trinajstić information content (AvgIpc) is 4.33. The topological polar surface area (TPSA) is 46.7 Å². The summed E-state index contributed by atoms with van der Waals surface area (Å²) in [7, 11) is 0. The van der Waals surface area contributed by atoms with E-state index in [9.17, 15) is 0 Å². The lowest BCUT2D eigenvalue weighted by atomic mass is 10.0. The first-order chi connectivity index (χ1) is 36.6. The Labute approximate surface area is 429 Å². The number of aromatic nitrogens is 6. The van der Waals surface area contributed by atoms with Gasteiger partial charge in [0.2, 0.25) is 11.6 Å². The molecule has 0 aliphatic heterocycles. The van der Waals surface area contributed by atoms with E-state index in [-0.39, 0.29) is 0 Å². The van der Waals surface area contributed by atoms with Crippen molar-refractivity contribution in [3.05, 3.63) is 235 Å². The minimum Gasteiger partial charge on any atom is -0.310 e. The maximum absolute atomic E-state index is 5.29. The van der Waals surface area contributed by atoms with Crippen LogP contribution in [0.5, 0.6) is 0 Å². The van der Waals surface area contributed by atoms with Crippen LogP contribution in [0.15, 0.2) is 235 Å². The summed E-state index contributed by atoms with van der Waals surface area (Å²) < 4.78 is 10.5. The van der Waals surface area contributed by atoms with Crippen LogP contribution in [0.25, 0.3) is 131 Å². The standard InChI is InChI=1S/C39H24N4.C27H14BrN3/c1-3-15-29(16-4-1)41(30-17-5-2-6-18-30)31-23-33-32-19-25-11-7-9-13-27(25)21-35(32)43-38(33)37(24-31)42-36-22-28-14-10-8-12-26(28)20-34(36)40-39(42)43;28-19-13-21-20-9-15-5-1-3-7-17(15)11-23(20)31-26(21)25(14-19)30-24-12-18-8-4-2-6-16(18)10-22(24)29-27(30)31/h1-24H;1-14H. The summed E-state index contributed by atoms with van der Waals surface area (Å²) in [6.45, 7) is 0. The highest BCUT2D eigenvalue weighted by atomic mass is 79.9. The van der Waals surface area contributed by atoms with Crippen molar-refractivity contribution in [2.24, 2.45) is 0 Å². The van der Waals surface area contributed by atoms with Gasteiger partial charge in [0.25, 0.3) is 0 Å². The fourth-order valence-electron chi connectivity index (χ4n) is 12.3. The number of fused-ring (bicyclic) bond motifs is 20. The Morgan fingerprint density at radius 1 is 0.284 bits per heavy atom. The first kappa shape index (κ1) is 40.1. The highest BCUT2D eigenvalue weighted by molar-refractivity contribution is 9.10. The van der Waals surface area contributed by atoms with E-state index in [1.54, 1.807) is 0 Å². The molecule has 0 amide bonds. The third-order valence-corrected chi connectivity index (χ3v) is 16.0. The van der Waals surface area contributed by atoms with Crippen molar-refractivity contribution in [1.29, 1.82) is 0 Å². The van der Waals surface area contributed by atoms with Crippen LogP contribution in [0.1, 0.15) is 0 Å². The van der Waals surface area contributed by atoms with Crippen LogP contribution in [0.2, 0.25) is 0 Å². The lowest BCUT2D eigenvalue weighted by Crippen LogP contribution is -2.09. The predicted octanol–water partition coefficient (Wildman–Crippen LogP) is 17.8. The Bertz CT molecular complexity index is 5300. The van der Waals surface area contributed by atoms with Crippen LogP contribution >= 0.6 is 15.9 Å². The number of hydrogen-bond donors (Lipinski definition) is 0. The van der Waals surface area contributed by atoms with E-state index in [1.807, 2.05) is 0 Å². The van der Waals surface area contributed by atoms with E-state index in [1.165, 1.54) is 92.2 Å². The molecule has 18 rings (SSSR count). The molecule has 18 aromatic rings. The zero-order chi connectivity index (χ0) is 48.3. The largest absolute Gasteiger partial charge is 0.310 e. The number of anilines is 3. The minimum absolute atomic E-state index is 0.943. The summed E-state index contributed by atoms with van der Waals surface area (Å²) in [5.41, 5.74) is 14.8. The van der Waals surface area contributed by atoms with E-state index in [0.717, 1.165) is 60.7 Å². The number of hydrogen-bond acceptors (Lipinski definition) is 3. The van der Waals surface area contributed by atoms with Crippen molar-refractivity contribution in [3.63, 3.8) is 0 Å². The molecule has 74 heavy (non-hydrogen) atoms. The van der Waals surface area contributed by atoms with Gasteiger partial charge < -0.3 is 4.90 Å². The van der Waals surface area contributed by atoms with E-state index in [4.69, 9.17) is 9.97 Å². The maximum atomic E-state index is 5.29. The summed E-state index contributed by atoms with van der Waals surface area (Å²) in [6, 6.07) is 82.9. The van der Waals surface area contributed by atoms with E-state index in [2.05, 4.69) is 269 Å². The molecule has 0 unspecified atom stereocenters. The molecule has 7 nitrogen and oxygen atoms in total. The van der Waals surface area contributed by atoms with Gasteiger partial charge in [0.1, 0.15) is 0 Å². The van der Waals surface area contributed by atoms with E-state index < -0.39 is 0 Å². The van der Waals surface area contributed by atoms with Crippen molar-refractivity contribution in [2.75, 3.05) is 4.90 Å². The third kappa shape index (κ3) is 5.54. The number of benzene rings is 12. The molecule has 0 bridgehead atoms. The summed E-state index contributed by atoms with van der Waals surface area (Å²) in [4.78, 5) is 12.8. The Kier molecular flexibility index (Phi) is 8.02. The third-order valence-electron chi connectivity index (χ3n) is 15.5. The fraction of sp³-hybridized carbons (Fsp3) is 0. The average molecular weight is 1010 g/mol. The molecule has 6 aromatic heterocycles. The Balaban J connectivity index is 0.000000128. The normalized spacial score (nSPS) is 12.4. The molecule has 12 aromatic carbocycles. The van der Waals surface area contributed by atoms with Crippen molar-refractivity contribution < 1.29 is 0 Å². The van der Waals surface area contributed by atoms with Gasteiger partial charge in [-0.15, -0.1) is 0 Å². The summed E-state index contributed by atoms with van der Waals surface area (Å²) in [5, 5.41) is 14.8. The second-order valence-corrected chi connectivity index (χ2v) is 20.6. The maximum Gasteiger partial charge on any atom is 0.220 e. The van der Waals surface area contributed by atoms with Gasteiger partial charge in [0, 0.05) is 43.1 Å². The zero-order valence-electron chi connectivity index (χ0n) is 39.4. The van der Waals surface area contributed by atoms with Gasteiger partial charge in [-0.1, -0.05) is 149 Å². The first-order valence-electron chi connectivity index (χ1n) is 25.0. The molecule has 0 saturated heterocycles. The van der Waals surface area contributed by atoms with E-state index >= 15 is 0 Å². The number of imidazole rings is 4. The second kappa shape index (κ2) is 14.8. The lowest BCUT2D eigenvalue weighted by molar-refractivity contribution is 1.21. The van der Waals surface area contributed by atoms with Crippen LogP contribution in [0.3, 0.4) is 0 Å². The SMILES string of the molecule is Brc1cc2c3cc4ccccc4cc3n3c2c(c1)n1c2cc4ccccc4cc2nc13.c1ccc(N(c2ccccc2)c2cc3c4cc5ccccc5cc4n4c3c(c2)n2c3cc5ccccc5cc3nc24)cc1. The summed E-state index contributed by atoms with van der Waals surface area (Å²) in [5.74, 6) is 1.91. The molecule has 344 valence electrons. The molecular weight excluding hydrogens is 971 g/mol. The fourth-order valence-corrected chi connectivity index (χ4v) is 12.8. The number of rotatable bonds is 3. The van der Waals surface area contributed by atoms with Crippen LogP contribution in [-0.4, -0.2) is 27.6 Å². The number of nitrogens with zero attached hydrogens (tertiary/aromatic N) is 7. The first-order valence-corrected chi connectivity index (χ1v) is 25.8. The molecule has 0 aliphatic carbocycles. The highest BCUT2D eigenvalue weighted by Crippen LogP contribution is 2.45. The summed E-state index contributed by atoms with van der Waals surface area (Å²) in [6.07, 6.45) is 0. The Morgan fingerprint density at radius 2 is 0.649 bits per heavy atom. The second-order valence-electron chi connectivity index (χ2n) is 19.7. The minimum atomic E-state index is 0.943. The van der Waals surface area contributed by atoms with Crippen LogP contribution < -0.4 is 4.90 Å². The van der Waals surface area contributed by atoms with E-state index in [0.29, 0.717) is 0 Å². The van der Waals surface area contributed by atoms with Gasteiger partial charge in [-0.2, -0.15) is 0 Å². The predicted molar refractivity (Wildman–Crippen MR) is 312 cm³/mol.